The Kier molecular flexibility index (Phi) is 7.58. The summed E-state index contributed by atoms with van der Waals surface area (Å²) in [5, 5.41) is 0. The molecule has 0 aliphatic carbocycles. The number of phosphoric acid groups is 1. The molecule has 0 aliphatic rings. The summed E-state index contributed by atoms with van der Waals surface area (Å²) in [5.74, 6) is 0. The van der Waals surface area contributed by atoms with Crippen molar-refractivity contribution in [3.63, 3.8) is 0 Å². The summed E-state index contributed by atoms with van der Waals surface area (Å²) in [5.41, 5.74) is 0. The van der Waals surface area contributed by atoms with Gasteiger partial charge >= 0.3 is 112 Å². The molecule has 0 aliphatic heterocycles. The molecule has 0 rings (SSSR count). The molecule has 0 aromatic heterocycles. The van der Waals surface area contributed by atoms with Crippen molar-refractivity contribution in [2.24, 2.45) is 0 Å². The van der Waals surface area contributed by atoms with E-state index in [0.29, 0.717) is 13.2 Å². The Bertz CT molecular complexity index is 260. The molecule has 0 fully saturated rings. The van der Waals surface area contributed by atoms with Crippen molar-refractivity contribution in [3.05, 3.63) is 0 Å². The number of phosphoric ester groups is 1. The molecule has 0 bridgehead atoms. The summed E-state index contributed by atoms with van der Waals surface area (Å²) in [7, 11) is -3.41. The first-order chi connectivity index (χ1) is 8.08. The molecule has 0 heterocycles. The quantitative estimate of drug-likeness (QED) is 0.432. The van der Waals surface area contributed by atoms with Gasteiger partial charge in [0.1, 0.15) is 0 Å². The van der Waals surface area contributed by atoms with Gasteiger partial charge in [-0.1, -0.05) is 0 Å². The summed E-state index contributed by atoms with van der Waals surface area (Å²) >= 11 is 0. The zero-order valence-electron chi connectivity index (χ0n) is 12.8. The molecule has 18 heavy (non-hydrogen) atoms. The fraction of sp³-hybridized carbons (Fsp3) is 1.00. The minimum absolute atomic E-state index is 0.423. The zero-order chi connectivity index (χ0) is 14.3. The summed E-state index contributed by atoms with van der Waals surface area (Å²) in [6.45, 7) is 10.5. The van der Waals surface area contributed by atoms with Gasteiger partial charge in [0, 0.05) is 0 Å². The predicted molar refractivity (Wildman–Crippen MR) is 81.0 cm³/mol. The van der Waals surface area contributed by atoms with Crippen LogP contribution in [0.15, 0.2) is 0 Å². The first-order valence-corrected chi connectivity index (χ1v) is 12.1. The van der Waals surface area contributed by atoms with Gasteiger partial charge in [0.25, 0.3) is 0 Å². The van der Waals surface area contributed by atoms with E-state index < -0.39 is 14.7 Å². The van der Waals surface area contributed by atoms with E-state index in [2.05, 4.69) is 13.8 Å². The minimum atomic E-state index is -3.41. The molecular formula is C12H30O4P2. The molecule has 0 amide bonds. The topological polar surface area (TPSA) is 44.8 Å². The van der Waals surface area contributed by atoms with Gasteiger partial charge in [-0.25, -0.2) is 0 Å². The molecule has 0 unspecified atom stereocenters. The van der Waals surface area contributed by atoms with E-state index in [1.165, 1.54) is 0 Å². The summed E-state index contributed by atoms with van der Waals surface area (Å²) in [6, 6.07) is 0. The van der Waals surface area contributed by atoms with Crippen LogP contribution in [0.4, 0.5) is 0 Å². The van der Waals surface area contributed by atoms with Crippen LogP contribution < -0.4 is 0 Å². The van der Waals surface area contributed by atoms with Gasteiger partial charge in [-0.3, -0.25) is 0 Å². The van der Waals surface area contributed by atoms with E-state index in [0.717, 1.165) is 25.7 Å². The van der Waals surface area contributed by atoms with Gasteiger partial charge in [0.05, 0.1) is 0 Å². The van der Waals surface area contributed by atoms with Gasteiger partial charge in [-0.2, -0.15) is 0 Å². The molecule has 0 saturated carbocycles. The SMILES string of the molecule is CCCCOP(=O)(OCCCC)OP(C)(C)(C)C. The van der Waals surface area contributed by atoms with Crippen LogP contribution >= 0.6 is 14.7 Å². The van der Waals surface area contributed by atoms with E-state index in [-0.39, 0.29) is 0 Å². The Morgan fingerprint density at radius 2 is 1.28 bits per heavy atom. The van der Waals surface area contributed by atoms with Crippen LogP contribution in [-0.4, -0.2) is 39.9 Å². The van der Waals surface area contributed by atoms with E-state index >= 15 is 0 Å². The molecule has 0 N–H and O–H groups in total. The second kappa shape index (κ2) is 7.36. The van der Waals surface area contributed by atoms with Crippen molar-refractivity contribution < 1.29 is 17.9 Å². The van der Waals surface area contributed by atoms with E-state index in [1.54, 1.807) is 0 Å². The summed E-state index contributed by atoms with van der Waals surface area (Å²) in [6.07, 6.45) is 3.72. The Labute approximate surface area is 112 Å². The maximum absolute atomic E-state index is 12.5. The Morgan fingerprint density at radius 1 is 0.889 bits per heavy atom. The molecule has 0 atom stereocenters. The van der Waals surface area contributed by atoms with E-state index in [4.69, 9.17) is 13.4 Å². The third kappa shape index (κ3) is 10.5. The monoisotopic (exact) mass is 300 g/mol. The molecular weight excluding hydrogens is 270 g/mol. The van der Waals surface area contributed by atoms with Crippen molar-refractivity contribution >= 4 is 14.7 Å². The standard InChI is InChI=1S/C12H30O4P2/c1-7-9-11-14-17(13,15-12-10-8-2)16-18(3,4,5)6/h7-12H2,1-6H3. The molecule has 0 aromatic carbocycles. The van der Waals surface area contributed by atoms with Crippen molar-refractivity contribution in [1.82, 2.24) is 0 Å². The van der Waals surface area contributed by atoms with Crippen LogP contribution in [0.2, 0.25) is 0 Å². The van der Waals surface area contributed by atoms with E-state index in [9.17, 15) is 4.57 Å². The van der Waals surface area contributed by atoms with Crippen molar-refractivity contribution in [3.8, 4) is 0 Å². The molecule has 0 spiro atoms. The third-order valence-corrected chi connectivity index (χ3v) is 6.33. The molecule has 112 valence electrons. The molecule has 4 nitrogen and oxygen atoms in total. The maximum atomic E-state index is 12.5. The van der Waals surface area contributed by atoms with Crippen LogP contribution in [0.3, 0.4) is 0 Å². The van der Waals surface area contributed by atoms with Crippen LogP contribution in [0.5, 0.6) is 0 Å². The normalized spacial score (nSPS) is 15.3. The number of hydrogen-bond donors (Lipinski definition) is 0. The van der Waals surface area contributed by atoms with Gasteiger partial charge in [0.2, 0.25) is 0 Å². The fourth-order valence-electron chi connectivity index (χ4n) is 1.13. The van der Waals surface area contributed by atoms with Gasteiger partial charge < -0.3 is 0 Å². The van der Waals surface area contributed by atoms with Crippen molar-refractivity contribution in [2.45, 2.75) is 39.5 Å². The Morgan fingerprint density at radius 3 is 1.56 bits per heavy atom. The Balaban J connectivity index is 4.54. The summed E-state index contributed by atoms with van der Waals surface area (Å²) in [4.78, 5) is 0. The predicted octanol–water partition coefficient (Wildman–Crippen LogP) is 4.73. The van der Waals surface area contributed by atoms with Crippen LogP contribution in [0.25, 0.3) is 0 Å². The fourth-order valence-corrected chi connectivity index (χ4v) is 5.48. The second-order valence-corrected chi connectivity index (χ2v) is 15.2. The number of rotatable bonds is 10. The van der Waals surface area contributed by atoms with Gasteiger partial charge in [-0.15, -0.1) is 0 Å². The molecule has 0 aromatic rings. The zero-order valence-corrected chi connectivity index (χ0v) is 14.6. The third-order valence-electron chi connectivity index (χ3n) is 1.92. The van der Waals surface area contributed by atoms with Crippen LogP contribution in [0.1, 0.15) is 39.5 Å². The van der Waals surface area contributed by atoms with Gasteiger partial charge in [0.15, 0.2) is 0 Å². The van der Waals surface area contributed by atoms with Crippen LogP contribution in [0, 0.1) is 0 Å². The average Bonchev–Trinajstić information content (AvgIpc) is 2.14. The van der Waals surface area contributed by atoms with E-state index in [1.807, 2.05) is 26.7 Å². The molecule has 6 heteroatoms. The molecule has 0 radical (unpaired) electrons. The number of hydrogen-bond acceptors (Lipinski definition) is 4. The van der Waals surface area contributed by atoms with Crippen molar-refractivity contribution in [1.29, 1.82) is 0 Å². The van der Waals surface area contributed by atoms with Crippen LogP contribution in [-0.2, 0) is 17.9 Å². The first kappa shape index (κ1) is 18.5. The van der Waals surface area contributed by atoms with Crippen molar-refractivity contribution in [2.75, 3.05) is 39.9 Å². The molecule has 0 saturated heterocycles. The van der Waals surface area contributed by atoms with Gasteiger partial charge in [-0.05, 0) is 0 Å². The Hall–Kier alpha value is 0.540. The first-order valence-electron chi connectivity index (χ1n) is 6.69. The summed E-state index contributed by atoms with van der Waals surface area (Å²) < 4.78 is 29.1. The number of unbranched alkanes of at least 4 members (excludes halogenated alkanes) is 2. The second-order valence-electron chi connectivity index (χ2n) is 6.32. The average molecular weight is 300 g/mol.